The number of piperidine rings is 1. The van der Waals surface area contributed by atoms with Crippen molar-refractivity contribution in [2.24, 2.45) is 0 Å². The van der Waals surface area contributed by atoms with E-state index in [-0.39, 0.29) is 5.78 Å². The summed E-state index contributed by atoms with van der Waals surface area (Å²) in [5.41, 5.74) is 0.796. The number of ketones is 1. The maximum atomic E-state index is 12.4. The highest BCUT2D eigenvalue weighted by Crippen LogP contribution is 2.32. The Balaban J connectivity index is 2.01. The number of nitrogens with one attached hydrogen (secondary N) is 1. The monoisotopic (exact) mass is 408 g/mol. The molecule has 0 spiro atoms. The van der Waals surface area contributed by atoms with Gasteiger partial charge in [0.1, 0.15) is 0 Å². The van der Waals surface area contributed by atoms with Crippen LogP contribution in [-0.2, 0) is 0 Å². The molecule has 0 aromatic carbocycles. The Morgan fingerprint density at radius 2 is 2.16 bits per heavy atom. The molecule has 0 bridgehead atoms. The van der Waals surface area contributed by atoms with Gasteiger partial charge in [0.25, 0.3) is 0 Å². The van der Waals surface area contributed by atoms with E-state index in [1.54, 1.807) is 11.3 Å². The molecular weight excluding hydrogens is 392 g/mol. The third-order valence-corrected chi connectivity index (χ3v) is 5.87. The van der Waals surface area contributed by atoms with Crippen molar-refractivity contribution in [2.75, 3.05) is 26.2 Å². The van der Waals surface area contributed by atoms with E-state index >= 15 is 0 Å². The third kappa shape index (κ3) is 4.11. The molecule has 19 heavy (non-hydrogen) atoms. The molecule has 1 aliphatic heterocycles. The summed E-state index contributed by atoms with van der Waals surface area (Å²) in [5, 5.41) is 3.37. The summed E-state index contributed by atoms with van der Waals surface area (Å²) in [6, 6.07) is 2.45. The lowest BCUT2D eigenvalue weighted by atomic mass is 10.0. The molecule has 3 nitrogen and oxygen atoms in total. The zero-order chi connectivity index (χ0) is 13.8. The first kappa shape index (κ1) is 15.6. The molecule has 0 atom stereocenters. The highest BCUT2D eigenvalue weighted by Gasteiger charge is 2.23. The number of thiophene rings is 1. The van der Waals surface area contributed by atoms with Gasteiger partial charge in [-0.05, 0) is 70.4 Å². The minimum Gasteiger partial charge on any atom is -0.317 e. The first-order chi connectivity index (χ1) is 9.11. The maximum absolute atomic E-state index is 12.4. The Morgan fingerprint density at radius 1 is 1.47 bits per heavy atom. The van der Waals surface area contributed by atoms with Crippen LogP contribution in [0.3, 0.4) is 0 Å². The van der Waals surface area contributed by atoms with Gasteiger partial charge in [-0.25, -0.2) is 0 Å². The molecule has 1 N–H and O–H groups in total. The predicted octanol–water partition coefficient (Wildman–Crippen LogP) is 3.53. The van der Waals surface area contributed by atoms with Gasteiger partial charge in [-0.2, -0.15) is 0 Å². The number of Topliss-reactive ketones (excluding diaryl/α,β-unsaturated/α-hetero) is 1. The third-order valence-electron chi connectivity index (χ3n) is 3.54. The van der Waals surface area contributed by atoms with E-state index in [0.29, 0.717) is 12.6 Å². The molecule has 0 saturated carbocycles. The SMILES string of the molecule is CCN(CC(=O)c1cc(Br)sc1Br)C1CCNCC1. The summed E-state index contributed by atoms with van der Waals surface area (Å²) in [4.78, 5) is 14.7. The second-order valence-electron chi connectivity index (χ2n) is 4.71. The first-order valence-corrected chi connectivity index (χ1v) is 8.95. The Kier molecular flexibility index (Phi) is 6.02. The largest absolute Gasteiger partial charge is 0.317 e. The quantitative estimate of drug-likeness (QED) is 0.755. The number of carbonyl (C=O) groups excluding carboxylic acids is 1. The van der Waals surface area contributed by atoms with Crippen molar-refractivity contribution in [2.45, 2.75) is 25.8 Å². The van der Waals surface area contributed by atoms with Crippen LogP contribution in [0.15, 0.2) is 13.6 Å². The highest BCUT2D eigenvalue weighted by atomic mass is 79.9. The van der Waals surface area contributed by atoms with Crippen LogP contribution in [0.5, 0.6) is 0 Å². The highest BCUT2D eigenvalue weighted by molar-refractivity contribution is 9.12. The second kappa shape index (κ2) is 7.31. The number of carbonyl (C=O) groups is 1. The zero-order valence-corrected chi connectivity index (χ0v) is 14.9. The van der Waals surface area contributed by atoms with Crippen LogP contribution < -0.4 is 5.32 Å². The van der Waals surface area contributed by atoms with Gasteiger partial charge in [0, 0.05) is 11.6 Å². The molecule has 1 aromatic heterocycles. The van der Waals surface area contributed by atoms with Crippen LogP contribution in [0, 0.1) is 0 Å². The van der Waals surface area contributed by atoms with Crippen molar-refractivity contribution in [3.8, 4) is 0 Å². The van der Waals surface area contributed by atoms with Gasteiger partial charge in [-0.1, -0.05) is 6.92 Å². The zero-order valence-electron chi connectivity index (χ0n) is 10.9. The fraction of sp³-hybridized carbons (Fsp3) is 0.615. The standard InChI is InChI=1S/C13H18Br2N2OS/c1-2-17(9-3-5-16-6-4-9)8-11(18)10-7-12(14)19-13(10)15/h7,9,16H,2-6,8H2,1H3. The molecule has 0 amide bonds. The Labute approximate surface area is 135 Å². The van der Waals surface area contributed by atoms with Crippen LogP contribution in [0.25, 0.3) is 0 Å². The summed E-state index contributed by atoms with van der Waals surface area (Å²) >= 11 is 8.44. The Bertz CT molecular complexity index is 444. The summed E-state index contributed by atoms with van der Waals surface area (Å²) in [6.45, 7) is 5.70. The maximum Gasteiger partial charge on any atom is 0.178 e. The van der Waals surface area contributed by atoms with E-state index < -0.39 is 0 Å². The summed E-state index contributed by atoms with van der Waals surface area (Å²) < 4.78 is 1.92. The molecule has 6 heteroatoms. The molecule has 106 valence electrons. The second-order valence-corrected chi connectivity index (χ2v) is 8.45. The number of likely N-dealkylation sites (N-methyl/N-ethyl adjacent to an activating group) is 1. The molecule has 1 saturated heterocycles. The first-order valence-electron chi connectivity index (χ1n) is 6.54. The van der Waals surface area contributed by atoms with Crippen molar-refractivity contribution in [1.29, 1.82) is 0 Å². The fourth-order valence-corrected chi connectivity index (χ4v) is 5.33. The van der Waals surface area contributed by atoms with Crippen molar-refractivity contribution in [3.05, 3.63) is 19.2 Å². The van der Waals surface area contributed by atoms with Gasteiger partial charge < -0.3 is 5.32 Å². The van der Waals surface area contributed by atoms with Gasteiger partial charge in [0.15, 0.2) is 5.78 Å². The average Bonchev–Trinajstić information content (AvgIpc) is 2.76. The van der Waals surface area contributed by atoms with Crippen molar-refractivity contribution in [1.82, 2.24) is 10.2 Å². The number of halogens is 2. The van der Waals surface area contributed by atoms with E-state index in [2.05, 4.69) is 49.0 Å². The molecule has 0 radical (unpaired) electrons. The topological polar surface area (TPSA) is 32.3 Å². The number of rotatable bonds is 5. The molecule has 0 unspecified atom stereocenters. The van der Waals surface area contributed by atoms with E-state index in [1.165, 1.54) is 0 Å². The Morgan fingerprint density at radius 3 is 2.68 bits per heavy atom. The summed E-state index contributed by atoms with van der Waals surface area (Å²) in [5.74, 6) is 0.203. The van der Waals surface area contributed by atoms with E-state index in [1.807, 2.05) is 6.07 Å². The van der Waals surface area contributed by atoms with Crippen LogP contribution in [-0.4, -0.2) is 42.9 Å². The average molecular weight is 410 g/mol. The van der Waals surface area contributed by atoms with Gasteiger partial charge >= 0.3 is 0 Å². The van der Waals surface area contributed by atoms with Crippen LogP contribution in [0.4, 0.5) is 0 Å². The summed E-state index contributed by atoms with van der Waals surface area (Å²) in [7, 11) is 0. The van der Waals surface area contributed by atoms with Gasteiger partial charge in [-0.15, -0.1) is 11.3 Å². The Hall–Kier alpha value is 0.250. The lowest BCUT2D eigenvalue weighted by Gasteiger charge is -2.33. The molecule has 1 aliphatic rings. The van der Waals surface area contributed by atoms with Gasteiger partial charge in [0.2, 0.25) is 0 Å². The fourth-order valence-electron chi connectivity index (χ4n) is 2.47. The van der Waals surface area contributed by atoms with E-state index in [4.69, 9.17) is 0 Å². The van der Waals surface area contributed by atoms with E-state index in [0.717, 1.165) is 45.6 Å². The lowest BCUT2D eigenvalue weighted by molar-refractivity contribution is 0.0874. The van der Waals surface area contributed by atoms with Gasteiger partial charge in [-0.3, -0.25) is 9.69 Å². The van der Waals surface area contributed by atoms with Crippen LogP contribution in [0.1, 0.15) is 30.1 Å². The smallest absolute Gasteiger partial charge is 0.178 e. The molecule has 1 aromatic rings. The number of hydrogen-bond acceptors (Lipinski definition) is 4. The minimum absolute atomic E-state index is 0.203. The van der Waals surface area contributed by atoms with E-state index in [9.17, 15) is 4.79 Å². The molecular formula is C13H18Br2N2OS. The summed E-state index contributed by atoms with van der Waals surface area (Å²) in [6.07, 6.45) is 2.27. The predicted molar refractivity (Wildman–Crippen MR) is 87.2 cm³/mol. The number of hydrogen-bond donors (Lipinski definition) is 1. The van der Waals surface area contributed by atoms with Gasteiger partial charge in [0.05, 0.1) is 14.1 Å². The lowest BCUT2D eigenvalue weighted by Crippen LogP contribution is -2.45. The molecule has 2 heterocycles. The minimum atomic E-state index is 0.203. The molecule has 1 fully saturated rings. The van der Waals surface area contributed by atoms with Crippen LogP contribution in [0.2, 0.25) is 0 Å². The van der Waals surface area contributed by atoms with Crippen LogP contribution >= 0.6 is 43.2 Å². The molecule has 2 rings (SSSR count). The number of nitrogens with zero attached hydrogens (tertiary/aromatic N) is 1. The van der Waals surface area contributed by atoms with Crippen molar-refractivity contribution >= 4 is 49.0 Å². The van der Waals surface area contributed by atoms with Crippen molar-refractivity contribution < 1.29 is 4.79 Å². The van der Waals surface area contributed by atoms with Crippen molar-refractivity contribution in [3.63, 3.8) is 0 Å². The molecule has 0 aliphatic carbocycles. The normalized spacial score (nSPS) is 17.1.